The van der Waals surface area contributed by atoms with Crippen LogP contribution >= 0.6 is 0 Å². The fraction of sp³-hybridized carbons (Fsp3) is 0.192. The number of amides is 1. The molecule has 4 rings (SSSR count). The summed E-state index contributed by atoms with van der Waals surface area (Å²) in [5.74, 6) is -0.0441. The van der Waals surface area contributed by atoms with Crippen LogP contribution in [0.15, 0.2) is 72.8 Å². The molecule has 6 nitrogen and oxygen atoms in total. The van der Waals surface area contributed by atoms with Crippen LogP contribution in [-0.4, -0.2) is 26.8 Å². The monoisotopic (exact) mass is 480 g/mol. The van der Waals surface area contributed by atoms with Crippen molar-refractivity contribution in [2.45, 2.75) is 33.1 Å². The molecule has 0 saturated carbocycles. The van der Waals surface area contributed by atoms with Crippen molar-refractivity contribution in [3.8, 4) is 23.1 Å². The smallest absolute Gasteiger partial charge is 0.416 e. The Labute approximate surface area is 200 Å². The van der Waals surface area contributed by atoms with Crippen LogP contribution in [0.3, 0.4) is 0 Å². The first-order valence-electron chi connectivity index (χ1n) is 10.9. The number of halogens is 3. The normalized spacial score (nSPS) is 11.5. The van der Waals surface area contributed by atoms with Gasteiger partial charge in [-0.15, -0.1) is 5.10 Å². The number of anilines is 1. The molecule has 1 amide bonds. The average Bonchev–Trinajstić information content (AvgIpc) is 3.22. The first-order valence-corrected chi connectivity index (χ1v) is 10.9. The number of carbonyl (C=O) groups excluding carboxylic acids is 1. The predicted molar refractivity (Wildman–Crippen MR) is 127 cm³/mol. The molecule has 0 spiro atoms. The zero-order chi connectivity index (χ0) is 25.2. The topological polar surface area (TPSA) is 69.0 Å². The predicted octanol–water partition coefficient (Wildman–Crippen LogP) is 6.30. The van der Waals surface area contributed by atoms with Crippen molar-refractivity contribution in [2.24, 2.45) is 0 Å². The van der Waals surface area contributed by atoms with Gasteiger partial charge in [-0.1, -0.05) is 30.3 Å². The summed E-state index contributed by atoms with van der Waals surface area (Å²) in [7, 11) is 0. The zero-order valence-electron chi connectivity index (χ0n) is 19.3. The van der Waals surface area contributed by atoms with Crippen LogP contribution in [0.1, 0.15) is 35.3 Å². The van der Waals surface area contributed by atoms with E-state index in [1.54, 1.807) is 28.9 Å². The molecule has 0 atom stereocenters. The number of aryl methyl sites for hydroxylation is 1. The fourth-order valence-corrected chi connectivity index (χ4v) is 3.46. The van der Waals surface area contributed by atoms with Crippen LogP contribution in [0.4, 0.5) is 18.9 Å². The van der Waals surface area contributed by atoms with Crippen LogP contribution in [-0.2, 0) is 6.18 Å². The maximum atomic E-state index is 13.0. The molecule has 1 N–H and O–H groups in total. The molecular formula is C26H23F3N4O2. The Kier molecular flexibility index (Phi) is 6.59. The number of nitrogens with one attached hydrogen (secondary N) is 1. The molecule has 0 unspecified atom stereocenters. The van der Waals surface area contributed by atoms with E-state index in [1.807, 2.05) is 45.0 Å². The second kappa shape index (κ2) is 9.61. The fourth-order valence-electron chi connectivity index (χ4n) is 3.46. The van der Waals surface area contributed by atoms with Gasteiger partial charge in [0, 0.05) is 16.8 Å². The number of ether oxygens (including phenoxy) is 1. The van der Waals surface area contributed by atoms with Crippen LogP contribution in [0.5, 0.6) is 6.01 Å². The quantitative estimate of drug-likeness (QED) is 0.352. The minimum Gasteiger partial charge on any atom is -0.460 e. The van der Waals surface area contributed by atoms with Gasteiger partial charge in [0.15, 0.2) is 5.82 Å². The highest BCUT2D eigenvalue weighted by molar-refractivity contribution is 6.04. The minimum absolute atomic E-state index is 0.0857. The molecule has 0 fully saturated rings. The van der Waals surface area contributed by atoms with Crippen LogP contribution in [0, 0.1) is 6.92 Å². The molecule has 3 aromatic carbocycles. The molecule has 1 heterocycles. The number of benzene rings is 3. The van der Waals surface area contributed by atoms with Crippen molar-refractivity contribution in [3.05, 3.63) is 89.5 Å². The van der Waals surface area contributed by atoms with Gasteiger partial charge in [0.25, 0.3) is 5.91 Å². The second-order valence-corrected chi connectivity index (χ2v) is 8.19. The Balaban J connectivity index is 1.61. The highest BCUT2D eigenvalue weighted by Crippen LogP contribution is 2.30. The molecule has 35 heavy (non-hydrogen) atoms. The third-order valence-corrected chi connectivity index (χ3v) is 5.14. The number of alkyl halides is 3. The Morgan fingerprint density at radius 2 is 1.71 bits per heavy atom. The van der Waals surface area contributed by atoms with Crippen molar-refractivity contribution < 1.29 is 22.7 Å². The Bertz CT molecular complexity index is 1350. The number of hydrogen-bond donors (Lipinski definition) is 1. The number of hydrogen-bond acceptors (Lipinski definition) is 4. The lowest BCUT2D eigenvalue weighted by Gasteiger charge is -2.11. The van der Waals surface area contributed by atoms with E-state index in [0.29, 0.717) is 17.2 Å². The Morgan fingerprint density at radius 1 is 1.00 bits per heavy atom. The van der Waals surface area contributed by atoms with Crippen molar-refractivity contribution in [1.29, 1.82) is 0 Å². The summed E-state index contributed by atoms with van der Waals surface area (Å²) in [5.41, 5.74) is 2.04. The third-order valence-electron chi connectivity index (χ3n) is 5.14. The maximum absolute atomic E-state index is 13.0. The SMILES string of the molecule is Cc1ccccc1-c1nc(OC(C)C)nn1-c1ccc(NC(=O)c2cccc(C(F)(F)F)c2)cc1. The first kappa shape index (κ1) is 24.0. The standard InChI is InChI=1S/C26H23F3N4O2/c1-16(2)35-25-31-23(22-10-5-4-7-17(22)3)33(32-25)21-13-11-20(12-14-21)30-24(34)18-8-6-9-19(15-18)26(27,28)29/h4-16H,1-3H3,(H,30,34). The summed E-state index contributed by atoms with van der Waals surface area (Å²) in [6.07, 6.45) is -4.63. The van der Waals surface area contributed by atoms with Crippen LogP contribution < -0.4 is 10.1 Å². The maximum Gasteiger partial charge on any atom is 0.416 e. The van der Waals surface area contributed by atoms with E-state index < -0.39 is 17.6 Å². The molecule has 0 radical (unpaired) electrons. The van der Waals surface area contributed by atoms with Crippen LogP contribution in [0.25, 0.3) is 17.1 Å². The number of rotatable bonds is 6. The highest BCUT2D eigenvalue weighted by Gasteiger charge is 2.30. The zero-order valence-corrected chi connectivity index (χ0v) is 19.3. The van der Waals surface area contributed by atoms with E-state index in [0.717, 1.165) is 23.3 Å². The van der Waals surface area contributed by atoms with Crippen LogP contribution in [0.2, 0.25) is 0 Å². The van der Waals surface area contributed by atoms with Crippen molar-refractivity contribution in [3.63, 3.8) is 0 Å². The van der Waals surface area contributed by atoms with Gasteiger partial charge in [-0.2, -0.15) is 18.2 Å². The Hall–Kier alpha value is -4.14. The summed E-state index contributed by atoms with van der Waals surface area (Å²) >= 11 is 0. The molecule has 0 aliphatic rings. The molecular weight excluding hydrogens is 457 g/mol. The summed E-state index contributed by atoms with van der Waals surface area (Å²) in [6.45, 7) is 5.75. The molecule has 9 heteroatoms. The highest BCUT2D eigenvalue weighted by atomic mass is 19.4. The summed E-state index contributed by atoms with van der Waals surface area (Å²) in [4.78, 5) is 17.1. The van der Waals surface area contributed by atoms with Gasteiger partial charge in [0.05, 0.1) is 17.4 Å². The van der Waals surface area contributed by atoms with E-state index in [2.05, 4.69) is 15.4 Å². The van der Waals surface area contributed by atoms with Crippen molar-refractivity contribution >= 4 is 11.6 Å². The summed E-state index contributed by atoms with van der Waals surface area (Å²) in [6, 6.07) is 19.0. The molecule has 0 bridgehead atoms. The molecule has 1 aromatic heterocycles. The van der Waals surface area contributed by atoms with E-state index in [4.69, 9.17) is 4.74 Å². The van der Waals surface area contributed by atoms with Gasteiger partial charge in [0.1, 0.15) is 0 Å². The molecule has 4 aromatic rings. The molecule has 0 aliphatic heterocycles. The molecule has 180 valence electrons. The lowest BCUT2D eigenvalue weighted by Crippen LogP contribution is -2.14. The first-order chi connectivity index (χ1) is 16.6. The largest absolute Gasteiger partial charge is 0.460 e. The van der Waals surface area contributed by atoms with Gasteiger partial charge < -0.3 is 10.1 Å². The minimum atomic E-state index is -4.53. The van der Waals surface area contributed by atoms with Crippen molar-refractivity contribution in [1.82, 2.24) is 14.8 Å². The number of aromatic nitrogens is 3. The molecule has 0 aliphatic carbocycles. The third kappa shape index (κ3) is 5.51. The molecule has 0 saturated heterocycles. The van der Waals surface area contributed by atoms with Crippen molar-refractivity contribution in [2.75, 3.05) is 5.32 Å². The second-order valence-electron chi connectivity index (χ2n) is 8.19. The lowest BCUT2D eigenvalue weighted by molar-refractivity contribution is -0.137. The summed E-state index contributed by atoms with van der Waals surface area (Å²) in [5, 5.41) is 7.12. The number of carbonyl (C=O) groups is 1. The average molecular weight is 480 g/mol. The van der Waals surface area contributed by atoms with Gasteiger partial charge in [-0.3, -0.25) is 4.79 Å². The van der Waals surface area contributed by atoms with Gasteiger partial charge in [-0.05, 0) is 68.8 Å². The van der Waals surface area contributed by atoms with Gasteiger partial charge >= 0.3 is 12.2 Å². The van der Waals surface area contributed by atoms with E-state index in [9.17, 15) is 18.0 Å². The van der Waals surface area contributed by atoms with Gasteiger partial charge in [0.2, 0.25) is 0 Å². The number of nitrogens with zero attached hydrogens (tertiary/aromatic N) is 3. The summed E-state index contributed by atoms with van der Waals surface area (Å²) < 4.78 is 46.2. The lowest BCUT2D eigenvalue weighted by atomic mass is 10.1. The van der Waals surface area contributed by atoms with Gasteiger partial charge in [-0.25, -0.2) is 4.68 Å². The van der Waals surface area contributed by atoms with E-state index in [1.165, 1.54) is 12.1 Å². The van der Waals surface area contributed by atoms with E-state index >= 15 is 0 Å². The Morgan fingerprint density at radius 3 is 2.37 bits per heavy atom. The van der Waals surface area contributed by atoms with E-state index in [-0.39, 0.29) is 17.7 Å².